The summed E-state index contributed by atoms with van der Waals surface area (Å²) in [4.78, 5) is 91.5. The zero-order valence-corrected chi connectivity index (χ0v) is 31.2. The smallest absolute Gasteiger partial charge is 0.396 e. The summed E-state index contributed by atoms with van der Waals surface area (Å²) in [5, 5.41) is 15.3. The summed E-state index contributed by atoms with van der Waals surface area (Å²) < 4.78 is 9.09. The number of ether oxygens (including phenoxy) is 2. The Hall–Kier alpha value is -5.80. The maximum absolute atomic E-state index is 11.8. The van der Waals surface area contributed by atoms with Gasteiger partial charge in [0.2, 0.25) is 0 Å². The molecule has 2 rings (SSSR count). The van der Waals surface area contributed by atoms with Gasteiger partial charge in [-0.3, -0.25) is 28.8 Å². The summed E-state index contributed by atoms with van der Waals surface area (Å²) in [5.74, 6) is -5.80. The maximum atomic E-state index is 11.8. The van der Waals surface area contributed by atoms with E-state index in [2.05, 4.69) is 41.4 Å². The third-order valence-electron chi connectivity index (χ3n) is 7.28. The quantitative estimate of drug-likeness (QED) is 0.0646. The van der Waals surface area contributed by atoms with Crippen molar-refractivity contribution in [1.82, 2.24) is 31.9 Å². The Balaban J connectivity index is 0.000000582. The lowest BCUT2D eigenvalue weighted by molar-refractivity contribution is -0.154. The van der Waals surface area contributed by atoms with Gasteiger partial charge in [-0.1, -0.05) is 86.3 Å². The molecule has 0 saturated carbocycles. The van der Waals surface area contributed by atoms with E-state index in [4.69, 9.17) is 0 Å². The zero-order chi connectivity index (χ0) is 39.8. The van der Waals surface area contributed by atoms with Crippen molar-refractivity contribution in [3.63, 3.8) is 0 Å². The van der Waals surface area contributed by atoms with E-state index >= 15 is 0 Å². The van der Waals surface area contributed by atoms with Crippen LogP contribution in [0.5, 0.6) is 0 Å². The van der Waals surface area contributed by atoms with Crippen molar-refractivity contribution in [2.45, 2.75) is 78.3 Å². The molecule has 0 aliphatic rings. The molecule has 6 amide bonds. The number of benzene rings is 2. The van der Waals surface area contributed by atoms with Gasteiger partial charge in [0.25, 0.3) is 0 Å². The van der Waals surface area contributed by atoms with E-state index in [1.54, 1.807) is 13.8 Å². The van der Waals surface area contributed by atoms with Crippen LogP contribution in [-0.2, 0) is 60.9 Å². The van der Waals surface area contributed by atoms with Crippen LogP contribution in [0.15, 0.2) is 60.7 Å². The molecule has 0 fully saturated rings. The van der Waals surface area contributed by atoms with E-state index < -0.39 is 47.4 Å². The normalized spacial score (nSPS) is 9.96. The molecule has 0 atom stereocenters. The molecule has 0 saturated heterocycles. The fraction of sp³-hybridized carbons (Fsp3) is 0.474. The standard InChI is InChI=1S/C24H30N4O4.C14H24N2O6/c29-21(23(31)27-17-19-11-5-3-6-12-19)25-15-9-1-2-10-16-26-22(30)24(32)28-18-20-13-7-4-8-14-20;1-3-21-13(19)11(17)15-9-7-5-6-8-10-16-12(18)14(20)22-4-2/h3-8,11-14H,1-2,9-10,15-18H2,(H,25,29)(H,26,30)(H,27,31)(H,28,32);3-10H2,1-2H3,(H,15,17)(H,16,18). The Labute approximate surface area is 316 Å². The highest BCUT2D eigenvalue weighted by Gasteiger charge is 2.15. The summed E-state index contributed by atoms with van der Waals surface area (Å²) in [6.07, 6.45) is 6.22. The molecule has 54 heavy (non-hydrogen) atoms. The van der Waals surface area contributed by atoms with Gasteiger partial charge < -0.3 is 41.4 Å². The highest BCUT2D eigenvalue weighted by atomic mass is 16.5. The van der Waals surface area contributed by atoms with E-state index in [1.807, 2.05) is 60.7 Å². The SMILES string of the molecule is CCOC(=O)C(=O)NCCCCCCNC(=O)C(=O)OCC.O=C(NCCCCCCNC(=O)C(=O)NCc1ccccc1)C(=O)NCc1ccccc1. The van der Waals surface area contributed by atoms with Gasteiger partial charge in [-0.15, -0.1) is 0 Å². The Kier molecular flexibility index (Phi) is 25.5. The van der Waals surface area contributed by atoms with Gasteiger partial charge in [0.05, 0.1) is 13.2 Å². The largest absolute Gasteiger partial charge is 0.459 e. The van der Waals surface area contributed by atoms with Crippen molar-refractivity contribution in [2.75, 3.05) is 39.4 Å². The second-order valence-corrected chi connectivity index (χ2v) is 11.6. The van der Waals surface area contributed by atoms with Gasteiger partial charge in [-0.05, 0) is 50.7 Å². The molecule has 0 aromatic heterocycles. The van der Waals surface area contributed by atoms with Crippen molar-refractivity contribution < 1.29 is 47.8 Å². The number of hydrogen-bond acceptors (Lipinski definition) is 10. The van der Waals surface area contributed by atoms with Gasteiger partial charge >= 0.3 is 47.4 Å². The molecule has 296 valence electrons. The Morgan fingerprint density at radius 1 is 0.389 bits per heavy atom. The van der Waals surface area contributed by atoms with Crippen molar-refractivity contribution in [2.24, 2.45) is 0 Å². The van der Waals surface area contributed by atoms with Gasteiger partial charge in [0.1, 0.15) is 0 Å². The molecule has 0 heterocycles. The summed E-state index contributed by atoms with van der Waals surface area (Å²) in [6, 6.07) is 18.7. The van der Waals surface area contributed by atoms with Gasteiger partial charge in [0, 0.05) is 39.3 Å². The summed E-state index contributed by atoms with van der Waals surface area (Å²) in [5.41, 5.74) is 1.85. The van der Waals surface area contributed by atoms with Crippen LogP contribution < -0.4 is 31.9 Å². The second kappa shape index (κ2) is 29.7. The minimum Gasteiger partial charge on any atom is -0.459 e. The molecule has 0 aliphatic heterocycles. The average Bonchev–Trinajstić information content (AvgIpc) is 3.18. The molecule has 2 aromatic rings. The van der Waals surface area contributed by atoms with E-state index in [1.165, 1.54) is 0 Å². The first-order valence-corrected chi connectivity index (χ1v) is 18.2. The van der Waals surface area contributed by atoms with Gasteiger partial charge in [-0.2, -0.15) is 0 Å². The Bertz CT molecular complexity index is 1350. The fourth-order valence-corrected chi connectivity index (χ4v) is 4.43. The summed E-state index contributed by atoms with van der Waals surface area (Å²) in [7, 11) is 0. The lowest BCUT2D eigenvalue weighted by atomic mass is 10.2. The van der Waals surface area contributed by atoms with Crippen LogP contribution in [0.25, 0.3) is 0 Å². The first kappa shape index (κ1) is 46.2. The van der Waals surface area contributed by atoms with Gasteiger partial charge in [-0.25, -0.2) is 9.59 Å². The average molecular weight is 755 g/mol. The van der Waals surface area contributed by atoms with Crippen molar-refractivity contribution in [3.05, 3.63) is 71.8 Å². The van der Waals surface area contributed by atoms with Crippen LogP contribution in [0.4, 0.5) is 0 Å². The predicted octanol–water partition coefficient (Wildman–Crippen LogP) is 1.32. The number of rotatable bonds is 20. The lowest BCUT2D eigenvalue weighted by Crippen LogP contribution is -2.40. The number of amides is 6. The topological polar surface area (TPSA) is 227 Å². The molecular weight excluding hydrogens is 700 g/mol. The molecule has 0 unspecified atom stereocenters. The summed E-state index contributed by atoms with van der Waals surface area (Å²) >= 11 is 0. The van der Waals surface area contributed by atoms with E-state index in [-0.39, 0.29) is 13.2 Å². The van der Waals surface area contributed by atoms with Gasteiger partial charge in [0.15, 0.2) is 0 Å². The summed E-state index contributed by atoms with van der Waals surface area (Å²) in [6.45, 7) is 5.83. The van der Waals surface area contributed by atoms with Crippen LogP contribution in [0.3, 0.4) is 0 Å². The fourth-order valence-electron chi connectivity index (χ4n) is 4.43. The highest BCUT2D eigenvalue weighted by molar-refractivity contribution is 6.35. The Morgan fingerprint density at radius 3 is 0.963 bits per heavy atom. The molecule has 2 aromatic carbocycles. The van der Waals surface area contributed by atoms with Crippen LogP contribution in [-0.4, -0.2) is 86.8 Å². The number of carbonyl (C=O) groups excluding carboxylic acids is 8. The zero-order valence-electron chi connectivity index (χ0n) is 31.2. The highest BCUT2D eigenvalue weighted by Crippen LogP contribution is 2.00. The molecule has 16 heteroatoms. The van der Waals surface area contributed by atoms with E-state index in [9.17, 15) is 38.4 Å². The molecular formula is C38H54N6O10. The molecule has 6 N–H and O–H groups in total. The van der Waals surface area contributed by atoms with E-state index in [0.29, 0.717) is 39.3 Å². The third-order valence-corrected chi connectivity index (χ3v) is 7.28. The number of hydrogen-bond donors (Lipinski definition) is 6. The number of carbonyl (C=O) groups is 8. The third kappa shape index (κ3) is 22.9. The van der Waals surface area contributed by atoms with Crippen molar-refractivity contribution in [3.8, 4) is 0 Å². The van der Waals surface area contributed by atoms with Crippen LogP contribution in [0.1, 0.15) is 76.3 Å². The minimum absolute atomic E-state index is 0.170. The maximum Gasteiger partial charge on any atom is 0.396 e. The number of nitrogens with one attached hydrogen (secondary N) is 6. The first-order chi connectivity index (χ1) is 26.1. The van der Waals surface area contributed by atoms with E-state index in [0.717, 1.165) is 62.5 Å². The van der Waals surface area contributed by atoms with Crippen LogP contribution >= 0.6 is 0 Å². The van der Waals surface area contributed by atoms with Crippen molar-refractivity contribution in [1.29, 1.82) is 0 Å². The molecule has 0 radical (unpaired) electrons. The minimum atomic E-state index is -0.871. The molecule has 16 nitrogen and oxygen atoms in total. The van der Waals surface area contributed by atoms with Crippen LogP contribution in [0, 0.1) is 0 Å². The number of unbranched alkanes of at least 4 members (excludes halogenated alkanes) is 6. The monoisotopic (exact) mass is 754 g/mol. The molecule has 0 bridgehead atoms. The molecule has 0 spiro atoms. The van der Waals surface area contributed by atoms with Crippen LogP contribution in [0.2, 0.25) is 0 Å². The predicted molar refractivity (Wildman–Crippen MR) is 199 cm³/mol. The Morgan fingerprint density at radius 2 is 0.667 bits per heavy atom. The molecule has 0 aliphatic carbocycles. The second-order valence-electron chi connectivity index (χ2n) is 11.6. The first-order valence-electron chi connectivity index (χ1n) is 18.2. The lowest BCUT2D eigenvalue weighted by Gasteiger charge is -2.08. The number of esters is 2. The van der Waals surface area contributed by atoms with Crippen molar-refractivity contribution >= 4 is 47.4 Å².